The fourth-order valence-electron chi connectivity index (χ4n) is 0.644. The number of ketones is 1. The maximum Gasteiger partial charge on any atom is 0.188 e. The molecule has 0 N–H and O–H groups in total. The van der Waals surface area contributed by atoms with Crippen molar-refractivity contribution in [3.05, 3.63) is 12.7 Å². The highest BCUT2D eigenvalue weighted by molar-refractivity contribution is 8.13. The van der Waals surface area contributed by atoms with Gasteiger partial charge in [-0.3, -0.25) is 9.59 Å². The molecule has 0 aromatic rings. The number of hydrogen-bond donors (Lipinski definition) is 0. The molecule has 68 valence electrons. The van der Waals surface area contributed by atoms with Crippen LogP contribution < -0.4 is 0 Å². The summed E-state index contributed by atoms with van der Waals surface area (Å²) < 4.78 is 0. The van der Waals surface area contributed by atoms with E-state index in [1.54, 1.807) is 0 Å². The molecule has 12 heavy (non-hydrogen) atoms. The van der Waals surface area contributed by atoms with E-state index in [0.29, 0.717) is 18.6 Å². The Kier molecular flexibility index (Phi) is 6.76. The largest absolute Gasteiger partial charge is 0.295 e. The van der Waals surface area contributed by atoms with Gasteiger partial charge in [0.25, 0.3) is 0 Å². The third-order valence-corrected chi connectivity index (χ3v) is 2.23. The molecule has 0 saturated heterocycles. The first kappa shape index (κ1) is 11.4. The smallest absolute Gasteiger partial charge is 0.188 e. The summed E-state index contributed by atoms with van der Waals surface area (Å²) in [7, 11) is 0. The van der Waals surface area contributed by atoms with Crippen molar-refractivity contribution in [2.75, 3.05) is 5.75 Å². The minimum absolute atomic E-state index is 0.00629. The number of carbonyl (C=O) groups excluding carboxylic acids is 2. The Balaban J connectivity index is 3.36. The monoisotopic (exact) mass is 186 g/mol. The van der Waals surface area contributed by atoms with Gasteiger partial charge in [-0.25, -0.2) is 0 Å². The topological polar surface area (TPSA) is 34.1 Å². The molecule has 3 heteroatoms. The van der Waals surface area contributed by atoms with Crippen LogP contribution in [0.2, 0.25) is 0 Å². The van der Waals surface area contributed by atoms with Gasteiger partial charge in [-0.1, -0.05) is 25.3 Å². The fourth-order valence-corrected chi connectivity index (χ4v) is 1.52. The molecule has 0 saturated carbocycles. The van der Waals surface area contributed by atoms with E-state index in [1.165, 1.54) is 17.8 Å². The number of allylic oxidation sites excluding steroid dienone is 1. The van der Waals surface area contributed by atoms with Crippen LogP contribution >= 0.6 is 11.8 Å². The fraction of sp³-hybridized carbons (Fsp3) is 0.556. The SMILES string of the molecule is C=CC(=O)CCSC(=O)CCC. The van der Waals surface area contributed by atoms with Crippen LogP contribution in [0.25, 0.3) is 0 Å². The lowest BCUT2D eigenvalue weighted by atomic mass is 10.3. The molecule has 0 aromatic carbocycles. The molecule has 0 heterocycles. The van der Waals surface area contributed by atoms with Crippen molar-refractivity contribution in [2.45, 2.75) is 26.2 Å². The van der Waals surface area contributed by atoms with Crippen LogP contribution in [0.15, 0.2) is 12.7 Å². The zero-order valence-corrected chi connectivity index (χ0v) is 8.15. The summed E-state index contributed by atoms with van der Waals surface area (Å²) >= 11 is 1.24. The van der Waals surface area contributed by atoms with Crippen LogP contribution in [0.4, 0.5) is 0 Å². The zero-order valence-electron chi connectivity index (χ0n) is 7.34. The van der Waals surface area contributed by atoms with Crippen LogP contribution in [-0.4, -0.2) is 16.7 Å². The molecule has 0 aliphatic carbocycles. The third-order valence-electron chi connectivity index (χ3n) is 1.29. The average molecular weight is 186 g/mol. The van der Waals surface area contributed by atoms with Gasteiger partial charge in [0.2, 0.25) is 0 Å². The van der Waals surface area contributed by atoms with E-state index in [1.807, 2.05) is 6.92 Å². The number of hydrogen-bond acceptors (Lipinski definition) is 3. The highest BCUT2D eigenvalue weighted by Gasteiger charge is 2.02. The molecular weight excluding hydrogens is 172 g/mol. The van der Waals surface area contributed by atoms with Crippen molar-refractivity contribution in [1.29, 1.82) is 0 Å². The number of rotatable bonds is 6. The van der Waals surface area contributed by atoms with Crippen molar-refractivity contribution >= 4 is 22.7 Å². The molecule has 0 unspecified atom stereocenters. The summed E-state index contributed by atoms with van der Waals surface area (Å²) in [5.74, 6) is 0.593. The summed E-state index contributed by atoms with van der Waals surface area (Å²) in [6.45, 7) is 5.32. The minimum atomic E-state index is 0.00629. The van der Waals surface area contributed by atoms with Crippen molar-refractivity contribution < 1.29 is 9.59 Å². The second-order valence-electron chi connectivity index (χ2n) is 2.39. The van der Waals surface area contributed by atoms with E-state index >= 15 is 0 Å². The number of carbonyl (C=O) groups is 2. The molecule has 0 aliphatic heterocycles. The molecular formula is C9H14O2S. The van der Waals surface area contributed by atoms with Gasteiger partial charge in [0, 0.05) is 18.6 Å². The molecule has 0 amide bonds. The predicted octanol–water partition coefficient (Wildman–Crippen LogP) is 2.19. The van der Waals surface area contributed by atoms with E-state index in [9.17, 15) is 9.59 Å². The van der Waals surface area contributed by atoms with Crippen molar-refractivity contribution in [2.24, 2.45) is 0 Å². The van der Waals surface area contributed by atoms with Gasteiger partial charge < -0.3 is 0 Å². The van der Waals surface area contributed by atoms with Crippen molar-refractivity contribution in [3.8, 4) is 0 Å². The Hall–Kier alpha value is -0.570. The maximum atomic E-state index is 10.9. The molecule has 0 spiro atoms. The molecule has 0 atom stereocenters. The van der Waals surface area contributed by atoms with E-state index in [2.05, 4.69) is 6.58 Å². The molecule has 0 fully saturated rings. The van der Waals surface area contributed by atoms with E-state index in [4.69, 9.17) is 0 Å². The molecule has 2 nitrogen and oxygen atoms in total. The van der Waals surface area contributed by atoms with Gasteiger partial charge in [-0.05, 0) is 12.5 Å². The van der Waals surface area contributed by atoms with E-state index in [0.717, 1.165) is 6.42 Å². The van der Waals surface area contributed by atoms with Gasteiger partial charge in [0.1, 0.15) is 0 Å². The lowest BCUT2D eigenvalue weighted by molar-refractivity contribution is -0.114. The van der Waals surface area contributed by atoms with Gasteiger partial charge in [-0.2, -0.15) is 0 Å². The van der Waals surface area contributed by atoms with Crippen molar-refractivity contribution in [1.82, 2.24) is 0 Å². The Bertz CT molecular complexity index is 175. The van der Waals surface area contributed by atoms with Gasteiger partial charge in [0.05, 0.1) is 0 Å². The van der Waals surface area contributed by atoms with Gasteiger partial charge >= 0.3 is 0 Å². The average Bonchev–Trinajstić information content (AvgIpc) is 2.04. The van der Waals surface area contributed by atoms with Gasteiger partial charge in [-0.15, -0.1) is 0 Å². The summed E-state index contributed by atoms with van der Waals surface area (Å²) in [5, 5.41) is 0.175. The van der Waals surface area contributed by atoms with Crippen LogP contribution in [0, 0.1) is 0 Å². The first-order valence-corrected chi connectivity index (χ1v) is 5.00. The summed E-state index contributed by atoms with van der Waals surface area (Å²) in [6, 6.07) is 0. The minimum Gasteiger partial charge on any atom is -0.295 e. The zero-order chi connectivity index (χ0) is 9.40. The molecule has 0 bridgehead atoms. The van der Waals surface area contributed by atoms with Crippen LogP contribution in [-0.2, 0) is 9.59 Å². The Morgan fingerprint density at radius 2 is 2.08 bits per heavy atom. The molecule has 0 aromatic heterocycles. The normalized spacial score (nSPS) is 9.42. The quantitative estimate of drug-likeness (QED) is 0.596. The van der Waals surface area contributed by atoms with Crippen LogP contribution in [0.1, 0.15) is 26.2 Å². The van der Waals surface area contributed by atoms with E-state index in [-0.39, 0.29) is 10.9 Å². The summed E-state index contributed by atoms with van der Waals surface area (Å²) in [6.07, 6.45) is 3.20. The lowest BCUT2D eigenvalue weighted by Gasteiger charge is -1.96. The first-order chi connectivity index (χ1) is 5.70. The molecule has 0 aliphatic rings. The third kappa shape index (κ3) is 6.16. The predicted molar refractivity (Wildman–Crippen MR) is 52.2 cm³/mol. The lowest BCUT2D eigenvalue weighted by Crippen LogP contribution is -1.97. The number of thioether (sulfide) groups is 1. The van der Waals surface area contributed by atoms with E-state index < -0.39 is 0 Å². The second-order valence-corrected chi connectivity index (χ2v) is 3.54. The van der Waals surface area contributed by atoms with Crippen LogP contribution in [0.3, 0.4) is 0 Å². The Morgan fingerprint density at radius 3 is 2.58 bits per heavy atom. The van der Waals surface area contributed by atoms with Crippen LogP contribution in [0.5, 0.6) is 0 Å². The molecule has 0 rings (SSSR count). The summed E-state index contributed by atoms with van der Waals surface area (Å²) in [4.78, 5) is 21.6. The first-order valence-electron chi connectivity index (χ1n) is 4.01. The second kappa shape index (κ2) is 7.10. The summed E-state index contributed by atoms with van der Waals surface area (Å²) in [5.41, 5.74) is 0. The standard InChI is InChI=1S/C9H14O2S/c1-3-5-9(11)12-7-6-8(10)4-2/h4H,2-3,5-7H2,1H3. The highest BCUT2D eigenvalue weighted by atomic mass is 32.2. The Labute approximate surface area is 77.4 Å². The van der Waals surface area contributed by atoms with Crippen molar-refractivity contribution in [3.63, 3.8) is 0 Å². The maximum absolute atomic E-state index is 10.9. The highest BCUT2D eigenvalue weighted by Crippen LogP contribution is 2.08. The Morgan fingerprint density at radius 1 is 1.42 bits per heavy atom. The van der Waals surface area contributed by atoms with Gasteiger partial charge in [0.15, 0.2) is 10.9 Å². The molecule has 0 radical (unpaired) electrons.